The van der Waals surface area contributed by atoms with Crippen molar-refractivity contribution >= 4 is 15.7 Å². The summed E-state index contributed by atoms with van der Waals surface area (Å²) >= 11 is 0. The molecule has 0 aromatic heterocycles. The molecule has 1 fully saturated rings. The molecule has 0 saturated carbocycles. The molecule has 0 radical (unpaired) electrons. The highest BCUT2D eigenvalue weighted by atomic mass is 32.2. The van der Waals surface area contributed by atoms with E-state index in [1.807, 2.05) is 0 Å². The van der Waals surface area contributed by atoms with Crippen LogP contribution in [0, 0.1) is 5.82 Å². The second-order valence-electron chi connectivity index (χ2n) is 5.21. The van der Waals surface area contributed by atoms with Crippen molar-refractivity contribution in [2.45, 2.75) is 18.9 Å². The highest BCUT2D eigenvalue weighted by Crippen LogP contribution is 2.10. The molecule has 1 unspecified atom stereocenters. The van der Waals surface area contributed by atoms with Gasteiger partial charge in [-0.05, 0) is 30.5 Å². The van der Waals surface area contributed by atoms with E-state index in [9.17, 15) is 17.6 Å². The van der Waals surface area contributed by atoms with E-state index >= 15 is 0 Å². The topological polar surface area (TPSA) is 75.3 Å². The lowest BCUT2D eigenvalue weighted by molar-refractivity contribution is -0.120. The Morgan fingerprint density at radius 1 is 1.29 bits per heavy atom. The number of nitrogens with one attached hydrogen (secondary N) is 2. The van der Waals surface area contributed by atoms with E-state index < -0.39 is 9.84 Å². The molecule has 1 aromatic carbocycles. The van der Waals surface area contributed by atoms with Crippen molar-refractivity contribution in [3.63, 3.8) is 0 Å². The predicted octanol–water partition coefficient (Wildman–Crippen LogP) is 0.261. The summed E-state index contributed by atoms with van der Waals surface area (Å²) in [7, 11) is -2.92. The Bertz CT molecular complexity index is 587. The van der Waals surface area contributed by atoms with Gasteiger partial charge in [0.15, 0.2) is 9.84 Å². The average molecular weight is 314 g/mol. The number of amides is 1. The van der Waals surface area contributed by atoms with Crippen molar-refractivity contribution in [2.75, 3.05) is 24.6 Å². The van der Waals surface area contributed by atoms with E-state index in [1.165, 1.54) is 12.1 Å². The standard InChI is InChI=1S/C14H19FN2O3S/c15-12-3-1-11(2-4-12)5-7-16-14(18)9-17-13-6-8-21(19,20)10-13/h1-4,13,17H,5-10H2,(H,16,18). The summed E-state index contributed by atoms with van der Waals surface area (Å²) in [4.78, 5) is 11.6. The van der Waals surface area contributed by atoms with Gasteiger partial charge in [-0.25, -0.2) is 12.8 Å². The summed E-state index contributed by atoms with van der Waals surface area (Å²) in [5.74, 6) is -0.146. The minimum absolute atomic E-state index is 0.107. The minimum atomic E-state index is -2.92. The first-order valence-corrected chi connectivity index (χ1v) is 8.72. The zero-order chi connectivity index (χ0) is 15.3. The first-order chi connectivity index (χ1) is 9.94. The van der Waals surface area contributed by atoms with Gasteiger partial charge in [-0.3, -0.25) is 4.79 Å². The Morgan fingerprint density at radius 3 is 2.62 bits per heavy atom. The summed E-state index contributed by atoms with van der Waals surface area (Å²) < 4.78 is 35.3. The Labute approximate surface area is 123 Å². The van der Waals surface area contributed by atoms with Gasteiger partial charge in [0.05, 0.1) is 18.1 Å². The van der Waals surface area contributed by atoms with Gasteiger partial charge in [0, 0.05) is 12.6 Å². The van der Waals surface area contributed by atoms with Gasteiger partial charge in [0.25, 0.3) is 0 Å². The molecule has 2 N–H and O–H groups in total. The average Bonchev–Trinajstić information content (AvgIpc) is 2.78. The molecule has 1 atom stereocenters. The maximum absolute atomic E-state index is 12.7. The molecule has 0 bridgehead atoms. The van der Waals surface area contributed by atoms with Crippen LogP contribution in [0.4, 0.5) is 4.39 Å². The number of carbonyl (C=O) groups excluding carboxylic acids is 1. The summed E-state index contributed by atoms with van der Waals surface area (Å²) in [5, 5.41) is 5.70. The molecule has 21 heavy (non-hydrogen) atoms. The summed E-state index contributed by atoms with van der Waals surface area (Å²) in [6, 6.07) is 6.02. The monoisotopic (exact) mass is 314 g/mol. The third-order valence-electron chi connectivity index (χ3n) is 3.43. The third kappa shape index (κ3) is 5.43. The largest absolute Gasteiger partial charge is 0.355 e. The number of hydrogen-bond donors (Lipinski definition) is 2. The fourth-order valence-electron chi connectivity index (χ4n) is 2.25. The summed E-state index contributed by atoms with van der Waals surface area (Å²) in [6.07, 6.45) is 1.19. The van der Waals surface area contributed by atoms with Crippen molar-refractivity contribution in [1.29, 1.82) is 0 Å². The quantitative estimate of drug-likeness (QED) is 0.790. The van der Waals surface area contributed by atoms with E-state index in [2.05, 4.69) is 10.6 Å². The van der Waals surface area contributed by atoms with Crippen LogP contribution in [0.5, 0.6) is 0 Å². The van der Waals surface area contributed by atoms with Crippen LogP contribution in [-0.2, 0) is 21.1 Å². The van der Waals surface area contributed by atoms with Gasteiger partial charge in [-0.15, -0.1) is 0 Å². The fraction of sp³-hybridized carbons (Fsp3) is 0.500. The van der Waals surface area contributed by atoms with Crippen LogP contribution in [0.25, 0.3) is 0 Å². The first-order valence-electron chi connectivity index (χ1n) is 6.89. The Kier molecular flexibility index (Phi) is 5.30. The lowest BCUT2D eigenvalue weighted by Gasteiger charge is -2.10. The van der Waals surface area contributed by atoms with Gasteiger partial charge in [-0.1, -0.05) is 12.1 Å². The van der Waals surface area contributed by atoms with Gasteiger partial charge < -0.3 is 10.6 Å². The number of carbonyl (C=O) groups is 1. The molecule has 1 saturated heterocycles. The molecule has 1 amide bonds. The van der Waals surface area contributed by atoms with Crippen LogP contribution in [0.15, 0.2) is 24.3 Å². The maximum Gasteiger partial charge on any atom is 0.233 e. The van der Waals surface area contributed by atoms with Crippen molar-refractivity contribution in [1.82, 2.24) is 10.6 Å². The Morgan fingerprint density at radius 2 is 2.00 bits per heavy atom. The van der Waals surface area contributed by atoms with Crippen LogP contribution >= 0.6 is 0 Å². The zero-order valence-electron chi connectivity index (χ0n) is 11.6. The molecule has 116 valence electrons. The van der Waals surface area contributed by atoms with Crippen LogP contribution < -0.4 is 10.6 Å². The predicted molar refractivity (Wildman–Crippen MR) is 78.2 cm³/mol. The van der Waals surface area contributed by atoms with Gasteiger partial charge in [-0.2, -0.15) is 0 Å². The smallest absolute Gasteiger partial charge is 0.233 e. The molecule has 1 heterocycles. The van der Waals surface area contributed by atoms with E-state index in [0.717, 1.165) is 5.56 Å². The van der Waals surface area contributed by atoms with Crippen molar-refractivity contribution < 1.29 is 17.6 Å². The fourth-order valence-corrected chi connectivity index (χ4v) is 3.96. The second kappa shape index (κ2) is 7.00. The Balaban J connectivity index is 1.63. The van der Waals surface area contributed by atoms with Gasteiger partial charge >= 0.3 is 0 Å². The van der Waals surface area contributed by atoms with Crippen molar-refractivity contribution in [2.24, 2.45) is 0 Å². The molecule has 0 spiro atoms. The number of rotatable bonds is 6. The zero-order valence-corrected chi connectivity index (χ0v) is 12.5. The van der Waals surface area contributed by atoms with Crippen LogP contribution in [0.1, 0.15) is 12.0 Å². The SMILES string of the molecule is O=C(CNC1CCS(=O)(=O)C1)NCCc1ccc(F)cc1. The second-order valence-corrected chi connectivity index (χ2v) is 7.44. The van der Waals surface area contributed by atoms with Crippen molar-refractivity contribution in [3.8, 4) is 0 Å². The van der Waals surface area contributed by atoms with Gasteiger partial charge in [0.2, 0.25) is 5.91 Å². The van der Waals surface area contributed by atoms with E-state index in [1.54, 1.807) is 12.1 Å². The van der Waals surface area contributed by atoms with Crippen LogP contribution in [0.2, 0.25) is 0 Å². The molecule has 0 aliphatic carbocycles. The lowest BCUT2D eigenvalue weighted by atomic mass is 10.1. The van der Waals surface area contributed by atoms with E-state index in [0.29, 0.717) is 19.4 Å². The van der Waals surface area contributed by atoms with Crippen LogP contribution in [-0.4, -0.2) is 45.0 Å². The molecule has 2 rings (SSSR count). The summed E-state index contributed by atoms with van der Waals surface area (Å²) in [6.45, 7) is 0.582. The third-order valence-corrected chi connectivity index (χ3v) is 5.20. The normalized spacial score (nSPS) is 20.3. The highest BCUT2D eigenvalue weighted by molar-refractivity contribution is 7.91. The molecular formula is C14H19FN2O3S. The molecule has 1 aromatic rings. The Hall–Kier alpha value is -1.47. The number of hydrogen-bond acceptors (Lipinski definition) is 4. The molecule has 7 heteroatoms. The molecular weight excluding hydrogens is 295 g/mol. The highest BCUT2D eigenvalue weighted by Gasteiger charge is 2.27. The number of benzene rings is 1. The number of sulfone groups is 1. The lowest BCUT2D eigenvalue weighted by Crippen LogP contribution is -2.40. The summed E-state index contributed by atoms with van der Waals surface area (Å²) in [5.41, 5.74) is 0.951. The molecule has 1 aliphatic rings. The number of halogens is 1. The minimum Gasteiger partial charge on any atom is -0.355 e. The maximum atomic E-state index is 12.7. The first kappa shape index (κ1) is 15.9. The van der Waals surface area contributed by atoms with Crippen LogP contribution in [0.3, 0.4) is 0 Å². The van der Waals surface area contributed by atoms with E-state index in [4.69, 9.17) is 0 Å². The molecule has 5 nitrogen and oxygen atoms in total. The van der Waals surface area contributed by atoms with Crippen molar-refractivity contribution in [3.05, 3.63) is 35.6 Å². The van der Waals surface area contributed by atoms with E-state index in [-0.39, 0.29) is 35.8 Å². The molecule has 1 aliphatic heterocycles. The van der Waals surface area contributed by atoms with Gasteiger partial charge in [0.1, 0.15) is 5.82 Å².